The van der Waals surface area contributed by atoms with Crippen LogP contribution in [0.1, 0.15) is 37.7 Å². The molecule has 0 N–H and O–H groups in total. The highest BCUT2D eigenvalue weighted by Crippen LogP contribution is 2.46. The van der Waals surface area contributed by atoms with E-state index in [4.69, 9.17) is 27.9 Å². The summed E-state index contributed by atoms with van der Waals surface area (Å²) < 4.78 is 5.79. The van der Waals surface area contributed by atoms with Crippen LogP contribution in [-0.2, 0) is 4.74 Å². The smallest absolute Gasteiger partial charge is 0.0595 e. The van der Waals surface area contributed by atoms with E-state index in [1.165, 1.54) is 24.8 Å². The molecule has 2 nitrogen and oxygen atoms in total. The molecular weight excluding hydrogens is 305 g/mol. The topological polar surface area (TPSA) is 12.5 Å². The van der Waals surface area contributed by atoms with Crippen LogP contribution < -0.4 is 0 Å². The van der Waals surface area contributed by atoms with Crippen molar-refractivity contribution >= 4 is 23.2 Å². The van der Waals surface area contributed by atoms with Crippen molar-refractivity contribution in [2.75, 3.05) is 20.3 Å². The molecule has 2 saturated heterocycles. The van der Waals surface area contributed by atoms with Crippen LogP contribution in [0, 0.1) is 5.92 Å². The molecule has 0 aliphatic carbocycles. The second kappa shape index (κ2) is 6.45. The standard InChI is InChI=1S/C17H23Cl2NO/c1-3-21-10-14-13(9-12-5-7-17(14)20(12)2)11-4-6-15(18)16(19)8-11/h4,6,8,12-14,17H,3,5,7,9-10H2,1-2H3/t12?,13-,14-,17-/m1/s1. The van der Waals surface area contributed by atoms with Crippen LogP contribution in [-0.4, -0.2) is 37.2 Å². The van der Waals surface area contributed by atoms with E-state index in [1.807, 2.05) is 6.07 Å². The Morgan fingerprint density at radius 3 is 2.76 bits per heavy atom. The fraction of sp³-hybridized carbons (Fsp3) is 0.647. The number of piperidine rings is 1. The third kappa shape index (κ3) is 2.96. The highest BCUT2D eigenvalue weighted by molar-refractivity contribution is 6.42. The Labute approximate surface area is 137 Å². The maximum absolute atomic E-state index is 6.23. The average molecular weight is 328 g/mol. The number of hydrogen-bond donors (Lipinski definition) is 0. The van der Waals surface area contributed by atoms with Crippen LogP contribution in [0.4, 0.5) is 0 Å². The summed E-state index contributed by atoms with van der Waals surface area (Å²) in [6.45, 7) is 3.69. The molecule has 2 heterocycles. The minimum atomic E-state index is 0.528. The molecule has 1 unspecified atom stereocenters. The Bertz CT molecular complexity index is 508. The van der Waals surface area contributed by atoms with E-state index in [0.717, 1.165) is 13.2 Å². The van der Waals surface area contributed by atoms with Gasteiger partial charge in [0.2, 0.25) is 0 Å². The zero-order chi connectivity index (χ0) is 15.0. The fourth-order valence-corrected chi connectivity index (χ4v) is 4.49. The summed E-state index contributed by atoms with van der Waals surface area (Å²) in [4.78, 5) is 2.57. The van der Waals surface area contributed by atoms with Crippen LogP contribution in [0.25, 0.3) is 0 Å². The van der Waals surface area contributed by atoms with E-state index in [9.17, 15) is 0 Å². The van der Waals surface area contributed by atoms with Crippen molar-refractivity contribution in [2.24, 2.45) is 5.92 Å². The molecule has 0 aromatic heterocycles. The first-order chi connectivity index (χ1) is 10.1. The molecule has 2 aliphatic heterocycles. The fourth-order valence-electron chi connectivity index (χ4n) is 4.18. The van der Waals surface area contributed by atoms with Gasteiger partial charge in [-0.2, -0.15) is 0 Å². The molecule has 0 spiro atoms. The van der Waals surface area contributed by atoms with Gasteiger partial charge in [0.25, 0.3) is 0 Å². The van der Waals surface area contributed by atoms with Crippen LogP contribution in [0.2, 0.25) is 10.0 Å². The van der Waals surface area contributed by atoms with Crippen LogP contribution >= 0.6 is 23.2 Å². The van der Waals surface area contributed by atoms with Crippen molar-refractivity contribution in [1.82, 2.24) is 4.90 Å². The lowest BCUT2D eigenvalue weighted by Gasteiger charge is -2.43. The number of nitrogens with zero attached hydrogens (tertiary/aromatic N) is 1. The van der Waals surface area contributed by atoms with Crippen molar-refractivity contribution < 1.29 is 4.74 Å². The minimum absolute atomic E-state index is 0.528. The number of fused-ring (bicyclic) bond motifs is 2. The normalized spacial score (nSPS) is 32.6. The lowest BCUT2D eigenvalue weighted by Crippen LogP contribution is -2.47. The molecule has 4 atom stereocenters. The number of halogens is 2. The van der Waals surface area contributed by atoms with Crippen LogP contribution in [0.15, 0.2) is 18.2 Å². The van der Waals surface area contributed by atoms with Crippen molar-refractivity contribution in [3.8, 4) is 0 Å². The number of hydrogen-bond acceptors (Lipinski definition) is 2. The monoisotopic (exact) mass is 327 g/mol. The zero-order valence-corrected chi connectivity index (χ0v) is 14.2. The van der Waals surface area contributed by atoms with Gasteiger partial charge in [0, 0.05) is 24.6 Å². The Hall–Kier alpha value is -0.280. The largest absolute Gasteiger partial charge is 0.381 e. The van der Waals surface area contributed by atoms with Gasteiger partial charge in [0.15, 0.2) is 0 Å². The van der Waals surface area contributed by atoms with Crippen molar-refractivity contribution in [1.29, 1.82) is 0 Å². The average Bonchev–Trinajstić information content (AvgIpc) is 2.72. The van der Waals surface area contributed by atoms with Gasteiger partial charge in [-0.1, -0.05) is 29.3 Å². The van der Waals surface area contributed by atoms with Crippen LogP contribution in [0.5, 0.6) is 0 Å². The molecule has 2 aliphatic rings. The SMILES string of the molecule is CCOC[C@@H]1[C@@H](c2ccc(Cl)c(Cl)c2)CC2CC[C@H]1N2C. The number of rotatable bonds is 4. The molecule has 2 fully saturated rings. The molecule has 0 radical (unpaired) electrons. The van der Waals surface area contributed by atoms with Crippen molar-refractivity contribution in [2.45, 2.75) is 44.2 Å². The summed E-state index contributed by atoms with van der Waals surface area (Å²) in [5.74, 6) is 1.07. The highest BCUT2D eigenvalue weighted by atomic mass is 35.5. The lowest BCUT2D eigenvalue weighted by molar-refractivity contribution is 0.0253. The first-order valence-corrected chi connectivity index (χ1v) is 8.62. The van der Waals surface area contributed by atoms with Gasteiger partial charge in [-0.15, -0.1) is 0 Å². The second-order valence-corrected chi connectivity index (χ2v) is 7.12. The van der Waals surface area contributed by atoms with E-state index in [-0.39, 0.29) is 0 Å². The molecule has 2 bridgehead atoms. The molecular formula is C17H23Cl2NO. The molecule has 21 heavy (non-hydrogen) atoms. The van der Waals surface area contributed by atoms with Crippen molar-refractivity contribution in [3.05, 3.63) is 33.8 Å². The van der Waals surface area contributed by atoms with Gasteiger partial charge in [-0.3, -0.25) is 0 Å². The summed E-state index contributed by atoms with van der Waals surface area (Å²) >= 11 is 12.3. The predicted molar refractivity (Wildman–Crippen MR) is 88.4 cm³/mol. The maximum Gasteiger partial charge on any atom is 0.0595 e. The molecule has 0 saturated carbocycles. The lowest BCUT2D eigenvalue weighted by atomic mass is 9.76. The Kier molecular flexibility index (Phi) is 4.80. The predicted octanol–water partition coefficient (Wildman–Crippen LogP) is 4.60. The molecule has 0 amide bonds. The Morgan fingerprint density at radius 1 is 1.24 bits per heavy atom. The van der Waals surface area contributed by atoms with Crippen LogP contribution in [0.3, 0.4) is 0 Å². The third-order valence-corrected chi connectivity index (χ3v) is 6.06. The molecule has 4 heteroatoms. The molecule has 1 aromatic carbocycles. The summed E-state index contributed by atoms with van der Waals surface area (Å²) in [6.07, 6.45) is 3.79. The quantitative estimate of drug-likeness (QED) is 0.801. The van der Waals surface area contributed by atoms with E-state index in [0.29, 0.717) is 34.0 Å². The van der Waals surface area contributed by atoms with Gasteiger partial charge < -0.3 is 9.64 Å². The van der Waals surface area contributed by atoms with Crippen molar-refractivity contribution in [3.63, 3.8) is 0 Å². The molecule has 116 valence electrons. The highest BCUT2D eigenvalue weighted by Gasteiger charge is 2.45. The van der Waals surface area contributed by atoms with E-state index < -0.39 is 0 Å². The van der Waals surface area contributed by atoms with Gasteiger partial charge in [-0.05, 0) is 56.8 Å². The number of ether oxygens (including phenoxy) is 1. The van der Waals surface area contributed by atoms with E-state index in [2.05, 4.69) is 31.0 Å². The minimum Gasteiger partial charge on any atom is -0.381 e. The van der Waals surface area contributed by atoms with E-state index in [1.54, 1.807) is 0 Å². The van der Waals surface area contributed by atoms with E-state index >= 15 is 0 Å². The van der Waals surface area contributed by atoms with Gasteiger partial charge in [0.05, 0.1) is 16.7 Å². The zero-order valence-electron chi connectivity index (χ0n) is 12.7. The molecule has 1 aromatic rings. The number of benzene rings is 1. The first-order valence-electron chi connectivity index (χ1n) is 7.86. The Morgan fingerprint density at radius 2 is 2.05 bits per heavy atom. The summed E-state index contributed by atoms with van der Waals surface area (Å²) in [6, 6.07) is 7.46. The Balaban J connectivity index is 1.88. The molecule has 3 rings (SSSR count). The third-order valence-electron chi connectivity index (χ3n) is 5.32. The van der Waals surface area contributed by atoms with Gasteiger partial charge in [-0.25, -0.2) is 0 Å². The van der Waals surface area contributed by atoms with Gasteiger partial charge >= 0.3 is 0 Å². The maximum atomic E-state index is 6.23. The first kappa shape index (κ1) is 15.6. The van der Waals surface area contributed by atoms with Gasteiger partial charge in [0.1, 0.15) is 0 Å². The summed E-state index contributed by atoms with van der Waals surface area (Å²) in [7, 11) is 2.27. The summed E-state index contributed by atoms with van der Waals surface area (Å²) in [5.41, 5.74) is 1.32. The summed E-state index contributed by atoms with van der Waals surface area (Å²) in [5, 5.41) is 1.30. The second-order valence-electron chi connectivity index (χ2n) is 6.30.